The van der Waals surface area contributed by atoms with Crippen LogP contribution in [0.1, 0.15) is 6.42 Å². The van der Waals surface area contributed by atoms with Crippen LogP contribution in [0, 0.1) is 0 Å². The van der Waals surface area contributed by atoms with Crippen molar-refractivity contribution in [2.45, 2.75) is 6.42 Å². The maximum Gasteiger partial charge on any atom is 0.336 e. The third kappa shape index (κ3) is 1.07. The Kier molecular flexibility index (Phi) is 1.77. The molecule has 2 aliphatic heterocycles. The van der Waals surface area contributed by atoms with Crippen LogP contribution in [0.5, 0.6) is 0 Å². The maximum absolute atomic E-state index is 11.4. The number of urea groups is 1. The van der Waals surface area contributed by atoms with Gasteiger partial charge in [0.15, 0.2) is 0 Å². The molecule has 0 bridgehead atoms. The molecule has 2 heterocycles. The standard InChI is InChI=1S/C8H8N2O4/c1-10-6(11)5(9-8(10)13)4-2-3-14-7(4)12/h2-3H2,1H3,(H,9,13)/b5-4+. The summed E-state index contributed by atoms with van der Waals surface area (Å²) < 4.78 is 4.68. The average molecular weight is 196 g/mol. The molecule has 14 heavy (non-hydrogen) atoms. The first-order valence-electron chi connectivity index (χ1n) is 4.10. The summed E-state index contributed by atoms with van der Waals surface area (Å²) in [5.41, 5.74) is 0.313. The molecular weight excluding hydrogens is 188 g/mol. The molecule has 6 nitrogen and oxygen atoms in total. The van der Waals surface area contributed by atoms with Crippen LogP contribution in [-0.4, -0.2) is 36.5 Å². The lowest BCUT2D eigenvalue weighted by Gasteiger charge is -2.00. The normalized spacial score (nSPS) is 26.9. The number of esters is 1. The molecule has 0 aromatic carbocycles. The first kappa shape index (κ1) is 8.74. The van der Waals surface area contributed by atoms with Crippen molar-refractivity contribution in [3.63, 3.8) is 0 Å². The Morgan fingerprint density at radius 3 is 2.50 bits per heavy atom. The Bertz CT molecular complexity index is 372. The van der Waals surface area contributed by atoms with Crippen molar-refractivity contribution in [2.75, 3.05) is 13.7 Å². The number of rotatable bonds is 0. The van der Waals surface area contributed by atoms with Crippen molar-refractivity contribution in [3.05, 3.63) is 11.3 Å². The van der Waals surface area contributed by atoms with Crippen molar-refractivity contribution >= 4 is 17.9 Å². The third-order valence-electron chi connectivity index (χ3n) is 2.19. The fourth-order valence-corrected chi connectivity index (χ4v) is 1.37. The van der Waals surface area contributed by atoms with E-state index in [1.54, 1.807) is 0 Å². The van der Waals surface area contributed by atoms with Gasteiger partial charge in [0.1, 0.15) is 5.70 Å². The van der Waals surface area contributed by atoms with E-state index in [9.17, 15) is 14.4 Å². The predicted molar refractivity (Wildman–Crippen MR) is 43.9 cm³/mol. The molecule has 0 radical (unpaired) electrons. The summed E-state index contributed by atoms with van der Waals surface area (Å²) in [6, 6.07) is -0.516. The monoisotopic (exact) mass is 196 g/mol. The Balaban J connectivity index is 2.40. The zero-order valence-electron chi connectivity index (χ0n) is 7.49. The van der Waals surface area contributed by atoms with Crippen LogP contribution in [0.2, 0.25) is 0 Å². The van der Waals surface area contributed by atoms with Gasteiger partial charge in [0, 0.05) is 13.5 Å². The van der Waals surface area contributed by atoms with Gasteiger partial charge in [0.05, 0.1) is 12.2 Å². The van der Waals surface area contributed by atoms with Gasteiger partial charge in [-0.25, -0.2) is 9.59 Å². The van der Waals surface area contributed by atoms with E-state index in [4.69, 9.17) is 0 Å². The molecular formula is C8H8N2O4. The molecule has 0 aromatic rings. The zero-order valence-corrected chi connectivity index (χ0v) is 7.49. The average Bonchev–Trinajstić information content (AvgIpc) is 2.66. The van der Waals surface area contributed by atoms with Crippen LogP contribution >= 0.6 is 0 Å². The van der Waals surface area contributed by atoms with Gasteiger partial charge in [0.2, 0.25) is 0 Å². The fraction of sp³-hybridized carbons (Fsp3) is 0.375. The lowest BCUT2D eigenvalue weighted by Crippen LogP contribution is -2.25. The second-order valence-corrected chi connectivity index (χ2v) is 3.03. The minimum absolute atomic E-state index is 0.0556. The largest absolute Gasteiger partial charge is 0.462 e. The topological polar surface area (TPSA) is 75.7 Å². The van der Waals surface area contributed by atoms with Crippen molar-refractivity contribution < 1.29 is 19.1 Å². The van der Waals surface area contributed by atoms with Crippen LogP contribution in [0.3, 0.4) is 0 Å². The number of imide groups is 1. The number of nitrogens with one attached hydrogen (secondary N) is 1. The Hall–Kier alpha value is -1.85. The van der Waals surface area contributed by atoms with Gasteiger partial charge in [0.25, 0.3) is 5.91 Å². The third-order valence-corrected chi connectivity index (χ3v) is 2.19. The number of nitrogens with zero attached hydrogens (tertiary/aromatic N) is 1. The first-order chi connectivity index (χ1) is 6.61. The number of hydrogen-bond donors (Lipinski definition) is 1. The number of carbonyl (C=O) groups excluding carboxylic acids is 3. The lowest BCUT2D eigenvalue weighted by molar-refractivity contribution is -0.135. The van der Waals surface area contributed by atoms with Crippen LogP contribution in [0.25, 0.3) is 0 Å². The fourth-order valence-electron chi connectivity index (χ4n) is 1.37. The van der Waals surface area contributed by atoms with E-state index < -0.39 is 17.9 Å². The summed E-state index contributed by atoms with van der Waals surface area (Å²) in [6.07, 6.45) is 0.369. The van der Waals surface area contributed by atoms with Gasteiger partial charge in [-0.3, -0.25) is 9.69 Å². The van der Waals surface area contributed by atoms with Gasteiger partial charge >= 0.3 is 12.0 Å². The summed E-state index contributed by atoms with van der Waals surface area (Å²) in [5.74, 6) is -1.01. The van der Waals surface area contributed by atoms with Crippen LogP contribution in [-0.2, 0) is 14.3 Å². The van der Waals surface area contributed by atoms with Crippen LogP contribution in [0.4, 0.5) is 4.79 Å². The molecule has 2 rings (SSSR count). The number of ether oxygens (including phenoxy) is 1. The quantitative estimate of drug-likeness (QED) is 0.318. The van der Waals surface area contributed by atoms with E-state index in [-0.39, 0.29) is 17.9 Å². The minimum Gasteiger partial charge on any atom is -0.462 e. The summed E-state index contributed by atoms with van der Waals surface area (Å²) in [7, 11) is 1.35. The van der Waals surface area contributed by atoms with E-state index in [0.717, 1.165) is 4.90 Å². The molecule has 2 fully saturated rings. The SMILES string of the molecule is CN1C(=O)N/C(=C2\CCOC2=O)C1=O. The van der Waals surface area contributed by atoms with E-state index in [1.165, 1.54) is 7.05 Å². The molecule has 2 aliphatic rings. The number of hydrogen-bond acceptors (Lipinski definition) is 4. The van der Waals surface area contributed by atoms with Gasteiger partial charge in [-0.2, -0.15) is 0 Å². The van der Waals surface area contributed by atoms with Gasteiger partial charge in [-0.05, 0) is 0 Å². The molecule has 0 saturated carbocycles. The molecule has 74 valence electrons. The Morgan fingerprint density at radius 1 is 1.36 bits per heavy atom. The van der Waals surface area contributed by atoms with Crippen molar-refractivity contribution in [3.8, 4) is 0 Å². The molecule has 1 N–H and O–H groups in total. The highest BCUT2D eigenvalue weighted by Crippen LogP contribution is 2.20. The molecule has 2 saturated heterocycles. The van der Waals surface area contributed by atoms with Gasteiger partial charge in [-0.1, -0.05) is 0 Å². The van der Waals surface area contributed by atoms with E-state index in [2.05, 4.69) is 10.1 Å². The molecule has 0 unspecified atom stereocenters. The van der Waals surface area contributed by atoms with Gasteiger partial charge in [-0.15, -0.1) is 0 Å². The van der Waals surface area contributed by atoms with Crippen LogP contribution in [0.15, 0.2) is 11.3 Å². The molecule has 6 heteroatoms. The molecule has 0 spiro atoms. The predicted octanol–water partition coefficient (Wildman–Crippen LogP) is -0.631. The summed E-state index contributed by atoms with van der Waals surface area (Å²) in [5, 5.41) is 2.34. The smallest absolute Gasteiger partial charge is 0.336 e. The van der Waals surface area contributed by atoms with Crippen molar-refractivity contribution in [1.82, 2.24) is 10.2 Å². The molecule has 0 aromatic heterocycles. The number of likely N-dealkylation sites (N-methyl/N-ethyl adjacent to an activating group) is 1. The van der Waals surface area contributed by atoms with E-state index >= 15 is 0 Å². The van der Waals surface area contributed by atoms with Gasteiger partial charge < -0.3 is 10.1 Å². The number of carbonyl (C=O) groups is 3. The number of cyclic esters (lactones) is 1. The second kappa shape index (κ2) is 2.83. The lowest BCUT2D eigenvalue weighted by atomic mass is 10.1. The summed E-state index contributed by atoms with van der Waals surface area (Å²) in [6.45, 7) is 0.268. The molecule has 3 amide bonds. The summed E-state index contributed by atoms with van der Waals surface area (Å²) in [4.78, 5) is 34.5. The zero-order chi connectivity index (χ0) is 10.3. The van der Waals surface area contributed by atoms with E-state index in [0.29, 0.717) is 6.42 Å². The second-order valence-electron chi connectivity index (χ2n) is 3.03. The molecule has 0 atom stereocenters. The number of amides is 3. The Labute approximate surface area is 79.5 Å². The highest BCUT2D eigenvalue weighted by Gasteiger charge is 2.36. The highest BCUT2D eigenvalue weighted by atomic mass is 16.5. The Morgan fingerprint density at radius 2 is 2.07 bits per heavy atom. The highest BCUT2D eigenvalue weighted by molar-refractivity contribution is 6.15. The summed E-state index contributed by atoms with van der Waals surface area (Å²) >= 11 is 0. The van der Waals surface area contributed by atoms with Crippen molar-refractivity contribution in [2.24, 2.45) is 0 Å². The van der Waals surface area contributed by atoms with Crippen molar-refractivity contribution in [1.29, 1.82) is 0 Å². The first-order valence-corrected chi connectivity index (χ1v) is 4.10. The maximum atomic E-state index is 11.4. The van der Waals surface area contributed by atoms with Crippen LogP contribution < -0.4 is 5.32 Å². The van der Waals surface area contributed by atoms with E-state index in [1.807, 2.05) is 0 Å². The molecule has 0 aliphatic carbocycles. The minimum atomic E-state index is -0.524.